The van der Waals surface area contributed by atoms with Gasteiger partial charge in [0.05, 0.1) is 0 Å². The predicted molar refractivity (Wildman–Crippen MR) is 69.6 cm³/mol. The summed E-state index contributed by atoms with van der Waals surface area (Å²) in [6.07, 6.45) is 1.07. The Morgan fingerprint density at radius 1 is 1.35 bits per heavy atom. The van der Waals surface area contributed by atoms with Crippen LogP contribution in [0.25, 0.3) is 0 Å². The minimum absolute atomic E-state index is 0.636. The Morgan fingerprint density at radius 3 is 2.76 bits per heavy atom. The van der Waals surface area contributed by atoms with Crippen LogP contribution in [0.3, 0.4) is 0 Å². The van der Waals surface area contributed by atoms with Crippen LogP contribution in [0, 0.1) is 6.92 Å². The summed E-state index contributed by atoms with van der Waals surface area (Å²) in [5.41, 5.74) is 0. The third kappa shape index (κ3) is 5.49. The van der Waals surface area contributed by atoms with Gasteiger partial charge in [-0.05, 0) is 27.4 Å². The van der Waals surface area contributed by atoms with Crippen molar-refractivity contribution in [3.05, 3.63) is 11.9 Å². The number of hydrogen-bond acceptors (Lipinski definition) is 5. The van der Waals surface area contributed by atoms with Crippen molar-refractivity contribution in [1.82, 2.24) is 14.9 Å². The molecular weight excluding hydrogens is 216 g/mol. The molecule has 1 N–H and O–H groups in total. The molecule has 0 saturated carbocycles. The third-order valence-electron chi connectivity index (χ3n) is 2.16. The quantitative estimate of drug-likeness (QED) is 0.781. The Morgan fingerprint density at radius 2 is 2.12 bits per heavy atom. The number of nitrogens with zero attached hydrogens (tertiary/aromatic N) is 3. The van der Waals surface area contributed by atoms with Gasteiger partial charge in [0.2, 0.25) is 5.88 Å². The summed E-state index contributed by atoms with van der Waals surface area (Å²) >= 11 is 0. The lowest BCUT2D eigenvalue weighted by molar-refractivity contribution is 0.253. The first-order valence-electron chi connectivity index (χ1n) is 5.99. The molecule has 0 aromatic carbocycles. The molecule has 0 fully saturated rings. The fraction of sp³-hybridized carbons (Fsp3) is 0.667. The molecule has 1 rings (SSSR count). The Kier molecular flexibility index (Phi) is 5.69. The van der Waals surface area contributed by atoms with Crippen molar-refractivity contribution in [3.63, 3.8) is 0 Å². The number of likely N-dealkylation sites (N-methyl/N-ethyl adjacent to an activating group) is 1. The highest BCUT2D eigenvalue weighted by Crippen LogP contribution is 2.13. The Bertz CT molecular complexity index is 341. The van der Waals surface area contributed by atoms with Crippen LogP contribution in [0.15, 0.2) is 6.07 Å². The topological polar surface area (TPSA) is 50.3 Å². The van der Waals surface area contributed by atoms with Gasteiger partial charge in [-0.1, -0.05) is 6.92 Å². The molecule has 0 atom stereocenters. The van der Waals surface area contributed by atoms with Crippen molar-refractivity contribution in [3.8, 4) is 5.88 Å². The van der Waals surface area contributed by atoms with Crippen LogP contribution < -0.4 is 10.1 Å². The lowest BCUT2D eigenvalue weighted by Gasteiger charge is -2.11. The zero-order valence-electron chi connectivity index (χ0n) is 11.2. The number of ether oxygens (including phenoxy) is 1. The van der Waals surface area contributed by atoms with Gasteiger partial charge in [0.25, 0.3) is 0 Å². The highest BCUT2D eigenvalue weighted by Gasteiger charge is 2.02. The van der Waals surface area contributed by atoms with E-state index in [1.165, 1.54) is 0 Å². The zero-order valence-corrected chi connectivity index (χ0v) is 11.2. The van der Waals surface area contributed by atoms with Crippen molar-refractivity contribution in [2.45, 2.75) is 20.3 Å². The summed E-state index contributed by atoms with van der Waals surface area (Å²) in [6, 6.07) is 1.85. The van der Waals surface area contributed by atoms with Crippen LogP contribution in [-0.4, -0.2) is 48.7 Å². The summed E-state index contributed by atoms with van der Waals surface area (Å²) in [4.78, 5) is 10.6. The van der Waals surface area contributed by atoms with E-state index in [4.69, 9.17) is 4.74 Å². The summed E-state index contributed by atoms with van der Waals surface area (Å²) in [5.74, 6) is 2.20. The summed E-state index contributed by atoms with van der Waals surface area (Å²) in [6.45, 7) is 6.41. The molecule has 0 aliphatic carbocycles. The van der Waals surface area contributed by atoms with Crippen molar-refractivity contribution in [2.24, 2.45) is 0 Å². The van der Waals surface area contributed by atoms with Gasteiger partial charge in [0.1, 0.15) is 18.2 Å². The molecule has 96 valence electrons. The molecule has 0 unspecified atom stereocenters. The molecule has 0 radical (unpaired) electrons. The van der Waals surface area contributed by atoms with Crippen LogP contribution in [-0.2, 0) is 0 Å². The van der Waals surface area contributed by atoms with E-state index in [2.05, 4.69) is 27.1 Å². The summed E-state index contributed by atoms with van der Waals surface area (Å²) in [7, 11) is 4.03. The Labute approximate surface area is 103 Å². The first-order valence-corrected chi connectivity index (χ1v) is 5.99. The number of aryl methyl sites for hydroxylation is 1. The van der Waals surface area contributed by atoms with E-state index in [-0.39, 0.29) is 0 Å². The number of hydrogen-bond donors (Lipinski definition) is 1. The van der Waals surface area contributed by atoms with E-state index < -0.39 is 0 Å². The average molecular weight is 238 g/mol. The zero-order chi connectivity index (χ0) is 12.7. The van der Waals surface area contributed by atoms with Crippen molar-refractivity contribution >= 4 is 5.82 Å². The number of aromatic nitrogens is 2. The Balaban J connectivity index is 2.55. The fourth-order valence-corrected chi connectivity index (χ4v) is 1.29. The normalized spacial score (nSPS) is 10.6. The van der Waals surface area contributed by atoms with Gasteiger partial charge >= 0.3 is 0 Å². The second kappa shape index (κ2) is 7.06. The number of anilines is 1. The molecule has 1 aromatic heterocycles. The van der Waals surface area contributed by atoms with Crippen LogP contribution in [0.2, 0.25) is 0 Å². The molecule has 0 spiro atoms. The molecule has 0 aliphatic rings. The molecule has 0 amide bonds. The van der Waals surface area contributed by atoms with E-state index in [0.29, 0.717) is 12.5 Å². The molecule has 5 nitrogen and oxygen atoms in total. The van der Waals surface area contributed by atoms with Crippen molar-refractivity contribution in [2.75, 3.05) is 39.1 Å². The molecule has 0 bridgehead atoms. The highest BCUT2D eigenvalue weighted by molar-refractivity contribution is 5.38. The van der Waals surface area contributed by atoms with Gasteiger partial charge in [-0.2, -0.15) is 4.98 Å². The van der Waals surface area contributed by atoms with Gasteiger partial charge in [-0.15, -0.1) is 0 Å². The smallest absolute Gasteiger partial charge is 0.218 e. The van der Waals surface area contributed by atoms with Crippen molar-refractivity contribution < 1.29 is 4.74 Å². The van der Waals surface area contributed by atoms with E-state index in [9.17, 15) is 0 Å². The minimum atomic E-state index is 0.636. The van der Waals surface area contributed by atoms with E-state index in [1.807, 2.05) is 27.1 Å². The monoisotopic (exact) mass is 238 g/mol. The van der Waals surface area contributed by atoms with Gasteiger partial charge in [-0.3, -0.25) is 0 Å². The molecule has 1 aromatic rings. The number of rotatable bonds is 7. The maximum Gasteiger partial charge on any atom is 0.218 e. The lowest BCUT2D eigenvalue weighted by atomic mass is 10.4. The first-order chi connectivity index (χ1) is 8.11. The Hall–Kier alpha value is -1.36. The van der Waals surface area contributed by atoms with E-state index in [0.717, 1.165) is 31.2 Å². The fourth-order valence-electron chi connectivity index (χ4n) is 1.29. The van der Waals surface area contributed by atoms with Crippen LogP contribution in [0.5, 0.6) is 5.88 Å². The molecule has 5 heteroatoms. The molecular formula is C12H22N4O. The van der Waals surface area contributed by atoms with Gasteiger partial charge in [0.15, 0.2) is 0 Å². The van der Waals surface area contributed by atoms with Gasteiger partial charge in [-0.25, -0.2) is 4.98 Å². The SMILES string of the molecule is CCCNc1cc(OCCN(C)C)nc(C)n1. The second-order valence-electron chi connectivity index (χ2n) is 4.22. The molecule has 1 heterocycles. The largest absolute Gasteiger partial charge is 0.476 e. The van der Waals surface area contributed by atoms with Gasteiger partial charge in [0, 0.05) is 19.2 Å². The van der Waals surface area contributed by atoms with Crippen molar-refractivity contribution in [1.29, 1.82) is 0 Å². The lowest BCUT2D eigenvalue weighted by Crippen LogP contribution is -2.20. The maximum atomic E-state index is 5.59. The summed E-state index contributed by atoms with van der Waals surface area (Å²) < 4.78 is 5.59. The number of nitrogens with one attached hydrogen (secondary N) is 1. The van der Waals surface area contributed by atoms with Crippen LogP contribution in [0.4, 0.5) is 5.82 Å². The minimum Gasteiger partial charge on any atom is -0.476 e. The predicted octanol–water partition coefficient (Wildman–Crippen LogP) is 1.55. The van der Waals surface area contributed by atoms with Crippen LogP contribution in [0.1, 0.15) is 19.2 Å². The summed E-state index contributed by atoms with van der Waals surface area (Å²) in [5, 5.41) is 3.23. The second-order valence-corrected chi connectivity index (χ2v) is 4.22. The average Bonchev–Trinajstić information content (AvgIpc) is 2.25. The first kappa shape index (κ1) is 13.7. The maximum absolute atomic E-state index is 5.59. The standard InChI is InChI=1S/C12H22N4O/c1-5-6-13-11-9-12(15-10(2)14-11)17-8-7-16(3)4/h9H,5-8H2,1-4H3,(H,13,14,15). The highest BCUT2D eigenvalue weighted by atomic mass is 16.5. The molecule has 0 saturated heterocycles. The third-order valence-corrected chi connectivity index (χ3v) is 2.16. The van der Waals surface area contributed by atoms with E-state index >= 15 is 0 Å². The molecule has 17 heavy (non-hydrogen) atoms. The van der Waals surface area contributed by atoms with Crippen LogP contribution >= 0.6 is 0 Å². The van der Waals surface area contributed by atoms with E-state index in [1.54, 1.807) is 0 Å². The molecule has 0 aliphatic heterocycles. The van der Waals surface area contributed by atoms with Gasteiger partial charge < -0.3 is 15.0 Å².